The maximum atomic E-state index is 11.4. The second kappa shape index (κ2) is 5.01. The van der Waals surface area contributed by atoms with Gasteiger partial charge in [-0.1, -0.05) is 0 Å². The van der Waals surface area contributed by atoms with Gasteiger partial charge in [0, 0.05) is 4.88 Å². The number of carbonyl (C=O) groups is 1. The number of aromatic nitrogens is 1. The Hall–Kier alpha value is -0.810. The number of hydrogen-bond donors (Lipinski definition) is 1. The number of nitrogens with zero attached hydrogens (tertiary/aromatic N) is 1. The minimum Gasteiger partial charge on any atom is -0.444 e. The molecule has 0 spiro atoms. The Morgan fingerprint density at radius 3 is 2.62 bits per heavy atom. The van der Waals surface area contributed by atoms with Gasteiger partial charge in [-0.3, -0.25) is 5.32 Å². The van der Waals surface area contributed by atoms with Crippen molar-refractivity contribution in [2.24, 2.45) is 0 Å². The first-order chi connectivity index (χ1) is 7.31. The molecule has 16 heavy (non-hydrogen) atoms. The van der Waals surface area contributed by atoms with Crippen molar-refractivity contribution in [2.75, 3.05) is 5.32 Å². The van der Waals surface area contributed by atoms with E-state index in [1.807, 2.05) is 27.7 Å². The number of anilines is 1. The van der Waals surface area contributed by atoms with Crippen molar-refractivity contribution in [3.63, 3.8) is 0 Å². The van der Waals surface area contributed by atoms with Crippen LogP contribution in [0.3, 0.4) is 0 Å². The highest BCUT2D eigenvalue weighted by molar-refractivity contribution is 7.15. The van der Waals surface area contributed by atoms with Crippen LogP contribution in [0.15, 0.2) is 0 Å². The lowest BCUT2D eigenvalue weighted by Crippen LogP contribution is -2.27. The normalized spacial score (nSPS) is 11.3. The number of halogens is 1. The lowest BCUT2D eigenvalue weighted by molar-refractivity contribution is 0.0636. The van der Waals surface area contributed by atoms with Crippen molar-refractivity contribution in [1.82, 2.24) is 4.98 Å². The average molecular weight is 263 g/mol. The number of carbonyl (C=O) groups excluding carboxylic acids is 1. The second-order valence-corrected chi connectivity index (χ2v) is 5.75. The molecule has 1 aromatic heterocycles. The lowest BCUT2D eigenvalue weighted by Gasteiger charge is -2.18. The van der Waals surface area contributed by atoms with Gasteiger partial charge in [-0.05, 0) is 27.7 Å². The molecular formula is C10H15ClN2O2S. The summed E-state index contributed by atoms with van der Waals surface area (Å²) in [6.45, 7) is 7.34. The van der Waals surface area contributed by atoms with Crippen LogP contribution < -0.4 is 5.32 Å². The zero-order valence-corrected chi connectivity index (χ0v) is 11.3. The topological polar surface area (TPSA) is 51.2 Å². The highest BCUT2D eigenvalue weighted by Crippen LogP contribution is 2.23. The third-order valence-electron chi connectivity index (χ3n) is 1.63. The highest BCUT2D eigenvalue weighted by atomic mass is 35.5. The zero-order valence-electron chi connectivity index (χ0n) is 9.76. The van der Waals surface area contributed by atoms with E-state index >= 15 is 0 Å². The molecule has 1 heterocycles. The van der Waals surface area contributed by atoms with Crippen molar-refractivity contribution in [3.8, 4) is 0 Å². The fourth-order valence-corrected chi connectivity index (χ4v) is 2.15. The maximum Gasteiger partial charge on any atom is 0.413 e. The third-order valence-corrected chi connectivity index (χ3v) is 2.81. The van der Waals surface area contributed by atoms with Crippen molar-refractivity contribution < 1.29 is 9.53 Å². The van der Waals surface area contributed by atoms with E-state index in [1.165, 1.54) is 11.3 Å². The summed E-state index contributed by atoms with van der Waals surface area (Å²) in [7, 11) is 0. The molecule has 0 atom stereocenters. The smallest absolute Gasteiger partial charge is 0.413 e. The number of nitrogens with one attached hydrogen (secondary N) is 1. The Morgan fingerprint density at radius 2 is 2.19 bits per heavy atom. The van der Waals surface area contributed by atoms with E-state index in [0.29, 0.717) is 11.0 Å². The molecule has 0 aliphatic carbocycles. The fourth-order valence-electron chi connectivity index (χ4n) is 0.996. The van der Waals surface area contributed by atoms with Crippen LogP contribution in [0.4, 0.5) is 9.93 Å². The minimum atomic E-state index is -0.508. The number of alkyl halides is 1. The van der Waals surface area contributed by atoms with Crippen LogP contribution in [-0.4, -0.2) is 16.7 Å². The van der Waals surface area contributed by atoms with Gasteiger partial charge in [0.05, 0.1) is 11.6 Å². The van der Waals surface area contributed by atoms with Gasteiger partial charge in [0.15, 0.2) is 5.13 Å². The molecule has 6 heteroatoms. The lowest BCUT2D eigenvalue weighted by atomic mass is 10.2. The first-order valence-electron chi connectivity index (χ1n) is 4.84. The largest absolute Gasteiger partial charge is 0.444 e. The number of amides is 1. The Balaban J connectivity index is 2.63. The first kappa shape index (κ1) is 13.3. The quantitative estimate of drug-likeness (QED) is 0.830. The summed E-state index contributed by atoms with van der Waals surface area (Å²) in [5.41, 5.74) is 0.281. The summed E-state index contributed by atoms with van der Waals surface area (Å²) in [6.07, 6.45) is -0.498. The monoisotopic (exact) mass is 262 g/mol. The fraction of sp³-hybridized carbons (Fsp3) is 0.600. The molecule has 0 saturated heterocycles. The van der Waals surface area contributed by atoms with Crippen molar-refractivity contribution in [3.05, 3.63) is 10.6 Å². The van der Waals surface area contributed by atoms with Crippen LogP contribution in [0, 0.1) is 6.92 Å². The van der Waals surface area contributed by atoms with Gasteiger partial charge in [-0.2, -0.15) is 0 Å². The molecule has 0 unspecified atom stereocenters. The summed E-state index contributed by atoms with van der Waals surface area (Å²) in [4.78, 5) is 16.6. The van der Waals surface area contributed by atoms with Gasteiger partial charge in [0.1, 0.15) is 5.60 Å². The molecule has 0 fully saturated rings. The van der Waals surface area contributed by atoms with Gasteiger partial charge in [0.2, 0.25) is 0 Å². The second-order valence-electron chi connectivity index (χ2n) is 4.28. The van der Waals surface area contributed by atoms with Gasteiger partial charge in [-0.25, -0.2) is 9.78 Å². The molecule has 0 bridgehead atoms. The number of aryl methyl sites for hydroxylation is 1. The molecule has 1 amide bonds. The van der Waals surface area contributed by atoms with Gasteiger partial charge < -0.3 is 4.74 Å². The molecule has 0 aliphatic heterocycles. The van der Waals surface area contributed by atoms with Gasteiger partial charge in [-0.15, -0.1) is 22.9 Å². The SMILES string of the molecule is Cc1sc(NC(=O)OC(C)(C)C)nc1CCl. The molecule has 90 valence electrons. The van der Waals surface area contributed by atoms with Gasteiger partial charge in [0.25, 0.3) is 0 Å². The average Bonchev–Trinajstić information content (AvgIpc) is 2.42. The van der Waals surface area contributed by atoms with E-state index in [2.05, 4.69) is 10.3 Å². The highest BCUT2D eigenvalue weighted by Gasteiger charge is 2.17. The van der Waals surface area contributed by atoms with E-state index in [4.69, 9.17) is 16.3 Å². The molecule has 0 aromatic carbocycles. The van der Waals surface area contributed by atoms with Crippen LogP contribution in [0.2, 0.25) is 0 Å². The summed E-state index contributed by atoms with van der Waals surface area (Å²) in [5, 5.41) is 3.10. The van der Waals surface area contributed by atoms with Crippen LogP contribution in [0.1, 0.15) is 31.3 Å². The molecule has 0 radical (unpaired) electrons. The number of hydrogen-bond acceptors (Lipinski definition) is 4. The maximum absolute atomic E-state index is 11.4. The van der Waals surface area contributed by atoms with Crippen molar-refractivity contribution in [2.45, 2.75) is 39.2 Å². The van der Waals surface area contributed by atoms with Crippen LogP contribution in [0.25, 0.3) is 0 Å². The third kappa shape index (κ3) is 3.98. The first-order valence-corrected chi connectivity index (χ1v) is 6.19. The van der Waals surface area contributed by atoms with Crippen molar-refractivity contribution >= 4 is 34.2 Å². The van der Waals surface area contributed by atoms with E-state index in [1.54, 1.807) is 0 Å². The summed E-state index contributed by atoms with van der Waals surface area (Å²) in [6, 6.07) is 0. The summed E-state index contributed by atoms with van der Waals surface area (Å²) >= 11 is 7.07. The molecule has 0 aliphatic rings. The standard InChI is InChI=1S/C10H15ClN2O2S/c1-6-7(5-11)12-8(16-6)13-9(14)15-10(2,3)4/h5H2,1-4H3,(H,12,13,14). The zero-order chi connectivity index (χ0) is 12.3. The van der Waals surface area contributed by atoms with E-state index in [9.17, 15) is 4.79 Å². The molecule has 1 rings (SSSR count). The van der Waals surface area contributed by atoms with Crippen molar-refractivity contribution in [1.29, 1.82) is 0 Å². The molecule has 4 nitrogen and oxygen atoms in total. The van der Waals surface area contributed by atoms with E-state index in [-0.39, 0.29) is 0 Å². The molecule has 1 N–H and O–H groups in total. The Kier molecular flexibility index (Phi) is 4.15. The van der Waals surface area contributed by atoms with Crippen LogP contribution in [0.5, 0.6) is 0 Å². The predicted molar refractivity (Wildman–Crippen MR) is 66.3 cm³/mol. The Morgan fingerprint density at radius 1 is 1.56 bits per heavy atom. The Labute approximate surface area is 104 Å². The summed E-state index contributed by atoms with van der Waals surface area (Å²) in [5.74, 6) is 0.346. The molecule has 0 saturated carbocycles. The van der Waals surface area contributed by atoms with Crippen LogP contribution >= 0.6 is 22.9 Å². The van der Waals surface area contributed by atoms with E-state index in [0.717, 1.165) is 10.6 Å². The molecule has 1 aromatic rings. The number of thiazole rings is 1. The molecular weight excluding hydrogens is 248 g/mol. The Bertz CT molecular complexity index is 385. The minimum absolute atomic E-state index is 0.346. The summed E-state index contributed by atoms with van der Waals surface area (Å²) < 4.78 is 5.11. The van der Waals surface area contributed by atoms with Gasteiger partial charge >= 0.3 is 6.09 Å². The van der Waals surface area contributed by atoms with E-state index < -0.39 is 11.7 Å². The predicted octanol–water partition coefficient (Wildman–Crippen LogP) is 3.54. The van der Waals surface area contributed by atoms with Crippen LogP contribution in [-0.2, 0) is 10.6 Å². The number of ether oxygens (including phenoxy) is 1. The number of rotatable bonds is 2.